The first-order chi connectivity index (χ1) is 9.59. The van der Waals surface area contributed by atoms with Crippen molar-refractivity contribution in [1.29, 1.82) is 0 Å². The maximum atomic E-state index is 12.6. The van der Waals surface area contributed by atoms with Crippen LogP contribution in [0.3, 0.4) is 0 Å². The summed E-state index contributed by atoms with van der Waals surface area (Å²) in [7, 11) is 0. The summed E-state index contributed by atoms with van der Waals surface area (Å²) in [5, 5.41) is 0.595. The van der Waals surface area contributed by atoms with Gasteiger partial charge in [0.05, 0.1) is 10.9 Å². The van der Waals surface area contributed by atoms with E-state index in [0.29, 0.717) is 22.7 Å². The van der Waals surface area contributed by atoms with Gasteiger partial charge in [-0.1, -0.05) is 38.8 Å². The highest BCUT2D eigenvalue weighted by atomic mass is 16.2. The monoisotopic (exact) mass is 272 g/mol. The molecule has 20 heavy (non-hydrogen) atoms. The van der Waals surface area contributed by atoms with Crippen LogP contribution in [0, 0.1) is 11.8 Å². The Bertz CT molecular complexity index is 744. The zero-order valence-corrected chi connectivity index (χ0v) is 11.9. The molecular formula is C16H20N2O2. The van der Waals surface area contributed by atoms with E-state index in [-0.39, 0.29) is 17.3 Å². The molecule has 1 aromatic heterocycles. The van der Waals surface area contributed by atoms with Gasteiger partial charge >= 0.3 is 5.69 Å². The highest BCUT2D eigenvalue weighted by Crippen LogP contribution is 2.36. The van der Waals surface area contributed by atoms with E-state index in [2.05, 4.69) is 18.8 Å². The van der Waals surface area contributed by atoms with Crippen molar-refractivity contribution in [2.75, 3.05) is 0 Å². The van der Waals surface area contributed by atoms with Crippen molar-refractivity contribution in [3.8, 4) is 0 Å². The van der Waals surface area contributed by atoms with Crippen LogP contribution in [0.2, 0.25) is 0 Å². The minimum Gasteiger partial charge on any atom is -0.307 e. The molecule has 1 saturated carbocycles. The Kier molecular flexibility index (Phi) is 3.24. The predicted octanol–water partition coefficient (Wildman–Crippen LogP) is 2.69. The van der Waals surface area contributed by atoms with E-state index in [1.807, 2.05) is 12.1 Å². The van der Waals surface area contributed by atoms with E-state index < -0.39 is 0 Å². The molecular weight excluding hydrogens is 252 g/mol. The number of nitrogens with zero attached hydrogens (tertiary/aromatic N) is 1. The van der Waals surface area contributed by atoms with Crippen molar-refractivity contribution in [2.45, 2.75) is 39.2 Å². The third-order valence-electron chi connectivity index (χ3n) is 4.83. The van der Waals surface area contributed by atoms with E-state index in [4.69, 9.17) is 0 Å². The molecule has 1 N–H and O–H groups in total. The molecule has 1 aliphatic rings. The zero-order valence-electron chi connectivity index (χ0n) is 11.9. The summed E-state index contributed by atoms with van der Waals surface area (Å²) >= 11 is 0. The lowest BCUT2D eigenvalue weighted by atomic mass is 9.78. The van der Waals surface area contributed by atoms with Crippen LogP contribution in [0.25, 0.3) is 10.9 Å². The largest absolute Gasteiger partial charge is 0.329 e. The second-order valence-corrected chi connectivity index (χ2v) is 5.99. The lowest BCUT2D eigenvalue weighted by molar-refractivity contribution is 0.179. The quantitative estimate of drug-likeness (QED) is 0.867. The number of hydrogen-bond acceptors (Lipinski definition) is 2. The van der Waals surface area contributed by atoms with Gasteiger partial charge in [0, 0.05) is 6.04 Å². The number of para-hydroxylation sites is 1. The van der Waals surface area contributed by atoms with Gasteiger partial charge in [-0.25, -0.2) is 4.79 Å². The fourth-order valence-corrected chi connectivity index (χ4v) is 3.40. The molecule has 1 aromatic carbocycles. The van der Waals surface area contributed by atoms with E-state index in [1.54, 1.807) is 12.1 Å². The van der Waals surface area contributed by atoms with E-state index in [9.17, 15) is 9.59 Å². The first-order valence-corrected chi connectivity index (χ1v) is 7.33. The average Bonchev–Trinajstić information content (AvgIpc) is 2.43. The van der Waals surface area contributed by atoms with Crippen molar-refractivity contribution in [1.82, 2.24) is 9.55 Å². The molecule has 1 fully saturated rings. The number of nitrogens with one attached hydrogen (secondary N) is 1. The molecule has 0 amide bonds. The normalized spacial score (nSPS) is 26.8. The molecule has 1 heterocycles. The number of benzene rings is 1. The van der Waals surface area contributed by atoms with Crippen LogP contribution in [-0.4, -0.2) is 9.55 Å². The Morgan fingerprint density at radius 2 is 1.90 bits per heavy atom. The summed E-state index contributed by atoms with van der Waals surface area (Å²) in [6.07, 6.45) is 3.17. The van der Waals surface area contributed by atoms with Crippen LogP contribution < -0.4 is 11.2 Å². The Hall–Kier alpha value is -1.84. The SMILES string of the molecule is C[C@H]1[C@H](C)CCC[C@@H]1n1c(=O)[nH]c2ccccc2c1=O. The van der Waals surface area contributed by atoms with Gasteiger partial charge in [-0.3, -0.25) is 9.36 Å². The van der Waals surface area contributed by atoms with Crippen molar-refractivity contribution in [2.24, 2.45) is 11.8 Å². The smallest absolute Gasteiger partial charge is 0.307 e. The summed E-state index contributed by atoms with van der Waals surface area (Å²) in [6.45, 7) is 4.35. The van der Waals surface area contributed by atoms with Gasteiger partial charge < -0.3 is 4.98 Å². The lowest BCUT2D eigenvalue weighted by Crippen LogP contribution is -2.42. The van der Waals surface area contributed by atoms with Crippen LogP contribution in [0.4, 0.5) is 0 Å². The molecule has 3 atom stereocenters. The van der Waals surface area contributed by atoms with Crippen LogP contribution in [-0.2, 0) is 0 Å². The standard InChI is InChI=1S/C16H20N2O2/c1-10-6-5-9-14(11(10)2)18-15(19)12-7-3-4-8-13(12)17-16(18)20/h3-4,7-8,10-11,14H,5-6,9H2,1-2H3,(H,17,20)/t10-,11+,14+/m1/s1. The third kappa shape index (κ3) is 1.99. The van der Waals surface area contributed by atoms with Crippen LogP contribution in [0.5, 0.6) is 0 Å². The molecule has 0 spiro atoms. The molecule has 0 radical (unpaired) electrons. The first-order valence-electron chi connectivity index (χ1n) is 7.33. The van der Waals surface area contributed by atoms with Gasteiger partial charge in [-0.15, -0.1) is 0 Å². The molecule has 0 saturated heterocycles. The van der Waals surface area contributed by atoms with Crippen molar-refractivity contribution >= 4 is 10.9 Å². The van der Waals surface area contributed by atoms with Crippen LogP contribution in [0.1, 0.15) is 39.2 Å². The van der Waals surface area contributed by atoms with E-state index >= 15 is 0 Å². The molecule has 1 aliphatic carbocycles. The molecule has 0 unspecified atom stereocenters. The minimum atomic E-state index is -0.278. The topological polar surface area (TPSA) is 54.9 Å². The van der Waals surface area contributed by atoms with Crippen LogP contribution in [0.15, 0.2) is 33.9 Å². The van der Waals surface area contributed by atoms with Crippen LogP contribution >= 0.6 is 0 Å². The molecule has 2 aromatic rings. The molecule has 0 bridgehead atoms. The number of fused-ring (bicyclic) bond motifs is 1. The van der Waals surface area contributed by atoms with Gasteiger partial charge in [0.15, 0.2) is 0 Å². The Balaban J connectivity index is 2.21. The molecule has 4 heteroatoms. The van der Waals surface area contributed by atoms with Gasteiger partial charge in [0.1, 0.15) is 0 Å². The average molecular weight is 272 g/mol. The van der Waals surface area contributed by atoms with Gasteiger partial charge in [0.25, 0.3) is 5.56 Å². The number of H-pyrrole nitrogens is 1. The first kappa shape index (κ1) is 13.2. The molecule has 3 rings (SSSR count). The highest BCUT2D eigenvalue weighted by molar-refractivity contribution is 5.76. The number of hydrogen-bond donors (Lipinski definition) is 1. The molecule has 4 nitrogen and oxygen atoms in total. The summed E-state index contributed by atoms with van der Waals surface area (Å²) < 4.78 is 1.45. The maximum absolute atomic E-state index is 12.6. The van der Waals surface area contributed by atoms with Gasteiger partial charge in [-0.05, 0) is 30.4 Å². The Labute approximate surface area is 117 Å². The van der Waals surface area contributed by atoms with E-state index in [0.717, 1.165) is 12.8 Å². The number of aromatic nitrogens is 2. The zero-order chi connectivity index (χ0) is 14.3. The van der Waals surface area contributed by atoms with Crippen molar-refractivity contribution in [3.63, 3.8) is 0 Å². The van der Waals surface area contributed by atoms with Crippen molar-refractivity contribution in [3.05, 3.63) is 45.1 Å². The van der Waals surface area contributed by atoms with Gasteiger partial charge in [0.2, 0.25) is 0 Å². The number of aromatic amines is 1. The second kappa shape index (κ2) is 4.93. The maximum Gasteiger partial charge on any atom is 0.329 e. The second-order valence-electron chi connectivity index (χ2n) is 5.99. The number of rotatable bonds is 1. The van der Waals surface area contributed by atoms with E-state index in [1.165, 1.54) is 11.0 Å². The van der Waals surface area contributed by atoms with Crippen molar-refractivity contribution < 1.29 is 0 Å². The highest BCUT2D eigenvalue weighted by Gasteiger charge is 2.30. The third-order valence-corrected chi connectivity index (χ3v) is 4.83. The minimum absolute atomic E-state index is 0.0135. The fourth-order valence-electron chi connectivity index (χ4n) is 3.40. The Morgan fingerprint density at radius 1 is 1.15 bits per heavy atom. The molecule has 0 aliphatic heterocycles. The summed E-state index contributed by atoms with van der Waals surface area (Å²) in [5.41, 5.74) is 0.185. The Morgan fingerprint density at radius 3 is 2.70 bits per heavy atom. The van der Waals surface area contributed by atoms with Gasteiger partial charge in [-0.2, -0.15) is 0 Å². The molecule has 106 valence electrons. The fraction of sp³-hybridized carbons (Fsp3) is 0.500. The summed E-state index contributed by atoms with van der Waals surface area (Å²) in [6, 6.07) is 7.22. The lowest BCUT2D eigenvalue weighted by Gasteiger charge is -2.34. The summed E-state index contributed by atoms with van der Waals surface area (Å²) in [4.78, 5) is 27.8. The summed E-state index contributed by atoms with van der Waals surface area (Å²) in [5.74, 6) is 0.898. The predicted molar refractivity (Wildman–Crippen MR) is 80.0 cm³/mol.